The van der Waals surface area contributed by atoms with Crippen molar-refractivity contribution in [2.45, 2.75) is 60.7 Å². The molecule has 2 saturated carbocycles. The summed E-state index contributed by atoms with van der Waals surface area (Å²) < 4.78 is 2.76. The zero-order chi connectivity index (χ0) is 22.4. The fraction of sp³-hybridized carbons (Fsp3) is 0.409. The van der Waals surface area contributed by atoms with Gasteiger partial charge in [-0.25, -0.2) is 4.98 Å². The molecule has 0 spiro atoms. The Morgan fingerprint density at radius 2 is 1.94 bits per heavy atom. The standard InChI is InChI=1S/C22H23N7O2S2/c30-14-5-3-13(4-6-14)23-18-9-10-19-26-27-22(29(19)28-18)32-15-7-8-16-17(11-15)33-21(24-16)25-20(31)12-1-2-12/h7-14,30H,1-6H2,(H,23,28)(H,24,25,31)/t13-,14-. The molecule has 11 heteroatoms. The second-order valence-electron chi connectivity index (χ2n) is 8.64. The Kier molecular flexibility index (Phi) is 5.39. The minimum atomic E-state index is -0.180. The molecule has 1 aromatic carbocycles. The summed E-state index contributed by atoms with van der Waals surface area (Å²) in [4.78, 5) is 17.6. The Morgan fingerprint density at radius 1 is 1.09 bits per heavy atom. The molecule has 1 amide bonds. The number of carbonyl (C=O) groups is 1. The van der Waals surface area contributed by atoms with E-state index in [0.29, 0.717) is 22.0 Å². The van der Waals surface area contributed by atoms with Gasteiger partial charge in [-0.1, -0.05) is 11.3 Å². The van der Waals surface area contributed by atoms with Crippen LogP contribution in [0.15, 0.2) is 40.4 Å². The molecule has 0 unspecified atom stereocenters. The Balaban J connectivity index is 1.20. The quantitative estimate of drug-likeness (QED) is 0.379. The first-order valence-corrected chi connectivity index (χ1v) is 12.8. The molecule has 3 aromatic heterocycles. The topological polar surface area (TPSA) is 117 Å². The summed E-state index contributed by atoms with van der Waals surface area (Å²) in [6.07, 6.45) is 5.27. The van der Waals surface area contributed by atoms with Gasteiger partial charge in [0.25, 0.3) is 0 Å². The highest BCUT2D eigenvalue weighted by Crippen LogP contribution is 2.35. The number of carbonyl (C=O) groups excluding carboxylic acids is 1. The number of fused-ring (bicyclic) bond motifs is 2. The zero-order valence-electron chi connectivity index (χ0n) is 17.8. The molecule has 170 valence electrons. The van der Waals surface area contributed by atoms with Crippen LogP contribution in [0.25, 0.3) is 15.9 Å². The number of benzene rings is 1. The van der Waals surface area contributed by atoms with E-state index in [9.17, 15) is 9.90 Å². The van der Waals surface area contributed by atoms with Crippen molar-refractivity contribution in [2.24, 2.45) is 5.92 Å². The van der Waals surface area contributed by atoms with E-state index in [1.165, 1.54) is 23.1 Å². The average Bonchev–Trinajstić information content (AvgIpc) is 3.49. The number of nitrogens with one attached hydrogen (secondary N) is 2. The first-order chi connectivity index (χ1) is 16.1. The van der Waals surface area contributed by atoms with Crippen molar-refractivity contribution in [2.75, 3.05) is 10.6 Å². The van der Waals surface area contributed by atoms with Gasteiger partial charge in [0.05, 0.1) is 16.3 Å². The van der Waals surface area contributed by atoms with Gasteiger partial charge >= 0.3 is 0 Å². The molecular weight excluding hydrogens is 458 g/mol. The first-order valence-electron chi connectivity index (χ1n) is 11.2. The molecule has 33 heavy (non-hydrogen) atoms. The Bertz CT molecular complexity index is 1330. The summed E-state index contributed by atoms with van der Waals surface area (Å²) >= 11 is 2.97. The second kappa shape index (κ2) is 8.54. The number of nitrogens with zero attached hydrogens (tertiary/aromatic N) is 5. The van der Waals surface area contributed by atoms with Crippen molar-refractivity contribution >= 4 is 55.8 Å². The molecule has 9 nitrogen and oxygen atoms in total. The lowest BCUT2D eigenvalue weighted by atomic mass is 9.93. The summed E-state index contributed by atoms with van der Waals surface area (Å²) in [5.74, 6) is 0.999. The van der Waals surface area contributed by atoms with Crippen LogP contribution >= 0.6 is 23.1 Å². The number of anilines is 2. The third kappa shape index (κ3) is 4.53. The van der Waals surface area contributed by atoms with Gasteiger partial charge in [0.1, 0.15) is 5.82 Å². The summed E-state index contributed by atoms with van der Waals surface area (Å²) in [6, 6.07) is 10.2. The van der Waals surface area contributed by atoms with E-state index in [-0.39, 0.29) is 17.9 Å². The molecule has 3 heterocycles. The summed E-state index contributed by atoms with van der Waals surface area (Å²) in [5, 5.41) is 30.7. The van der Waals surface area contributed by atoms with Crippen molar-refractivity contribution in [3.63, 3.8) is 0 Å². The van der Waals surface area contributed by atoms with Crippen LogP contribution in [0.3, 0.4) is 0 Å². The normalized spacial score (nSPS) is 20.9. The molecular formula is C22H23N7O2S2. The smallest absolute Gasteiger partial charge is 0.229 e. The maximum Gasteiger partial charge on any atom is 0.229 e. The van der Waals surface area contributed by atoms with Gasteiger partial charge in [-0.2, -0.15) is 4.52 Å². The molecule has 6 rings (SSSR count). The third-order valence-corrected chi connectivity index (χ3v) is 7.89. The van der Waals surface area contributed by atoms with Gasteiger partial charge in [0.15, 0.2) is 10.8 Å². The lowest BCUT2D eigenvalue weighted by Crippen LogP contribution is -2.28. The number of aliphatic hydroxyl groups excluding tert-OH is 1. The van der Waals surface area contributed by atoms with Gasteiger partial charge in [-0.3, -0.25) is 4.79 Å². The van der Waals surface area contributed by atoms with E-state index in [1.54, 1.807) is 4.52 Å². The van der Waals surface area contributed by atoms with Gasteiger partial charge in [0.2, 0.25) is 11.1 Å². The van der Waals surface area contributed by atoms with Crippen LogP contribution in [0.5, 0.6) is 0 Å². The highest BCUT2D eigenvalue weighted by molar-refractivity contribution is 7.99. The van der Waals surface area contributed by atoms with Gasteiger partial charge in [0, 0.05) is 16.9 Å². The second-order valence-corrected chi connectivity index (χ2v) is 10.7. The van der Waals surface area contributed by atoms with Crippen LogP contribution in [-0.4, -0.2) is 48.0 Å². The van der Waals surface area contributed by atoms with E-state index in [1.807, 2.05) is 24.3 Å². The number of hydrogen-bond donors (Lipinski definition) is 3. The maximum atomic E-state index is 12.0. The summed E-state index contributed by atoms with van der Waals surface area (Å²) in [6.45, 7) is 0. The number of amides is 1. The van der Waals surface area contributed by atoms with E-state index in [4.69, 9.17) is 5.10 Å². The highest BCUT2D eigenvalue weighted by atomic mass is 32.2. The number of rotatable bonds is 6. The van der Waals surface area contributed by atoms with E-state index in [0.717, 1.165) is 59.5 Å². The number of aromatic nitrogens is 5. The molecule has 3 N–H and O–H groups in total. The van der Waals surface area contributed by atoms with E-state index in [2.05, 4.69) is 31.9 Å². The minimum absolute atomic E-state index is 0.0680. The molecule has 4 aromatic rings. The van der Waals surface area contributed by atoms with Crippen LogP contribution in [0, 0.1) is 5.92 Å². The molecule has 2 aliphatic rings. The first kappa shape index (κ1) is 20.8. The third-order valence-electron chi connectivity index (χ3n) is 6.03. The van der Waals surface area contributed by atoms with Gasteiger partial charge < -0.3 is 15.7 Å². The zero-order valence-corrected chi connectivity index (χ0v) is 19.4. The molecule has 0 radical (unpaired) electrons. The SMILES string of the molecule is O=C(Nc1nc2ccc(Sc3nnc4ccc(N[C@H]5CC[C@H](O)CC5)nn34)cc2s1)C1CC1. The number of hydrogen-bond acceptors (Lipinski definition) is 9. The molecule has 0 bridgehead atoms. The highest BCUT2D eigenvalue weighted by Gasteiger charge is 2.30. The van der Waals surface area contributed by atoms with Crippen molar-refractivity contribution in [3.05, 3.63) is 30.3 Å². The van der Waals surface area contributed by atoms with Crippen LogP contribution in [-0.2, 0) is 4.79 Å². The van der Waals surface area contributed by atoms with Crippen LogP contribution in [0.4, 0.5) is 10.9 Å². The van der Waals surface area contributed by atoms with Crippen LogP contribution in [0.2, 0.25) is 0 Å². The monoisotopic (exact) mass is 481 g/mol. The van der Waals surface area contributed by atoms with E-state index >= 15 is 0 Å². The minimum Gasteiger partial charge on any atom is -0.393 e. The van der Waals surface area contributed by atoms with Crippen LogP contribution in [0.1, 0.15) is 38.5 Å². The average molecular weight is 482 g/mol. The van der Waals surface area contributed by atoms with Gasteiger partial charge in [-0.15, -0.1) is 15.3 Å². The lowest BCUT2D eigenvalue weighted by Gasteiger charge is -2.26. The predicted molar refractivity (Wildman–Crippen MR) is 128 cm³/mol. The Morgan fingerprint density at radius 3 is 2.76 bits per heavy atom. The lowest BCUT2D eigenvalue weighted by molar-refractivity contribution is -0.117. The summed E-state index contributed by atoms with van der Waals surface area (Å²) in [7, 11) is 0. The van der Waals surface area contributed by atoms with Crippen molar-refractivity contribution < 1.29 is 9.90 Å². The molecule has 0 atom stereocenters. The number of aliphatic hydroxyl groups is 1. The number of thiazole rings is 1. The fourth-order valence-corrected chi connectivity index (χ4v) is 5.83. The summed E-state index contributed by atoms with van der Waals surface area (Å²) in [5.41, 5.74) is 1.55. The van der Waals surface area contributed by atoms with Crippen molar-refractivity contribution in [1.82, 2.24) is 24.8 Å². The Labute approximate surface area is 198 Å². The molecule has 0 saturated heterocycles. The molecule has 2 aliphatic carbocycles. The largest absolute Gasteiger partial charge is 0.393 e. The Hall–Kier alpha value is -2.76. The molecule has 0 aliphatic heterocycles. The maximum absolute atomic E-state index is 12.0. The van der Waals surface area contributed by atoms with Gasteiger partial charge in [-0.05, 0) is 80.6 Å². The fourth-order valence-electron chi connectivity index (χ4n) is 4.02. The molecule has 2 fully saturated rings. The van der Waals surface area contributed by atoms with Crippen molar-refractivity contribution in [3.8, 4) is 0 Å². The van der Waals surface area contributed by atoms with Crippen LogP contribution < -0.4 is 10.6 Å². The van der Waals surface area contributed by atoms with Crippen molar-refractivity contribution in [1.29, 1.82) is 0 Å². The predicted octanol–water partition coefficient (Wildman–Crippen LogP) is 3.95. The van der Waals surface area contributed by atoms with E-state index < -0.39 is 0 Å².